The summed E-state index contributed by atoms with van der Waals surface area (Å²) in [5.74, 6) is -0.359. The molecule has 37 heavy (non-hydrogen) atoms. The number of rotatable bonds is 16. The number of hydrogen-bond donors (Lipinski definition) is 0. The van der Waals surface area contributed by atoms with Crippen molar-refractivity contribution in [2.45, 2.75) is 66.2 Å². The first-order chi connectivity index (χ1) is 17.9. The van der Waals surface area contributed by atoms with Crippen LogP contribution in [0.15, 0.2) is 48.5 Å². The zero-order valence-corrected chi connectivity index (χ0v) is 22.8. The lowest BCUT2D eigenvalue weighted by atomic mass is 10.1. The first-order valence-electron chi connectivity index (χ1n) is 13.2. The first kappa shape index (κ1) is 31.8. The van der Waals surface area contributed by atoms with E-state index in [0.29, 0.717) is 35.7 Å². The second-order valence-electron chi connectivity index (χ2n) is 8.30. The van der Waals surface area contributed by atoms with Gasteiger partial charge in [0.25, 0.3) is 0 Å². The van der Waals surface area contributed by atoms with E-state index in [2.05, 4.69) is 6.92 Å². The molecule has 204 valence electrons. The molecule has 2 aromatic carbocycles. The Kier molecular flexibility index (Phi) is 17.2. The molecule has 0 amide bonds. The Morgan fingerprint density at radius 1 is 0.676 bits per heavy atom. The summed E-state index contributed by atoms with van der Waals surface area (Å²) in [5.41, 5.74) is 1.38. The van der Waals surface area contributed by atoms with Gasteiger partial charge in [0, 0.05) is 18.8 Å². The van der Waals surface area contributed by atoms with Gasteiger partial charge < -0.3 is 18.9 Å². The molecule has 0 saturated heterocycles. The van der Waals surface area contributed by atoms with Crippen molar-refractivity contribution in [2.24, 2.45) is 0 Å². The van der Waals surface area contributed by atoms with Crippen molar-refractivity contribution in [1.29, 1.82) is 0 Å². The van der Waals surface area contributed by atoms with Crippen LogP contribution in [0.3, 0.4) is 0 Å². The second-order valence-corrected chi connectivity index (χ2v) is 8.30. The molecule has 0 aliphatic heterocycles. The number of esters is 2. The molecule has 0 atom stereocenters. The van der Waals surface area contributed by atoms with Crippen molar-refractivity contribution < 1.29 is 33.3 Å². The molecule has 0 spiro atoms. The van der Waals surface area contributed by atoms with Crippen molar-refractivity contribution in [3.8, 4) is 5.75 Å². The van der Waals surface area contributed by atoms with Gasteiger partial charge in [-0.15, -0.1) is 0 Å². The number of ether oxygens (including phenoxy) is 4. The third-order valence-electron chi connectivity index (χ3n) is 5.25. The second kappa shape index (κ2) is 19.9. The minimum absolute atomic E-state index is 0.0985. The summed E-state index contributed by atoms with van der Waals surface area (Å²) < 4.78 is 21.0. The van der Waals surface area contributed by atoms with Gasteiger partial charge in [-0.2, -0.15) is 0 Å². The fourth-order valence-electron chi connectivity index (χ4n) is 3.23. The molecule has 0 saturated carbocycles. The molecule has 0 heterocycles. The summed E-state index contributed by atoms with van der Waals surface area (Å²) >= 11 is 0. The molecule has 0 unspecified atom stereocenters. The van der Waals surface area contributed by atoms with Gasteiger partial charge in [-0.3, -0.25) is 4.79 Å². The van der Waals surface area contributed by atoms with E-state index < -0.39 is 5.97 Å². The van der Waals surface area contributed by atoms with E-state index in [1.807, 2.05) is 25.1 Å². The lowest BCUT2D eigenvalue weighted by molar-refractivity contribution is 0.0493. The highest BCUT2D eigenvalue weighted by molar-refractivity contribution is 5.99. The Balaban J connectivity index is 0.000000375. The zero-order chi connectivity index (χ0) is 27.3. The average Bonchev–Trinajstić information content (AvgIpc) is 2.91. The maximum atomic E-state index is 11.7. The van der Waals surface area contributed by atoms with Gasteiger partial charge >= 0.3 is 11.9 Å². The Morgan fingerprint density at radius 2 is 1.35 bits per heavy atom. The molecular formula is C30H42O7. The van der Waals surface area contributed by atoms with Crippen LogP contribution in [0, 0.1) is 0 Å². The monoisotopic (exact) mass is 514 g/mol. The molecule has 0 aliphatic rings. The predicted molar refractivity (Wildman–Crippen MR) is 144 cm³/mol. The summed E-state index contributed by atoms with van der Waals surface area (Å²) in [4.78, 5) is 34.6. The van der Waals surface area contributed by atoms with Crippen molar-refractivity contribution in [3.05, 3.63) is 65.2 Å². The van der Waals surface area contributed by atoms with Crippen LogP contribution < -0.4 is 4.74 Å². The molecule has 0 fully saturated rings. The van der Waals surface area contributed by atoms with E-state index in [0.717, 1.165) is 45.3 Å². The minimum atomic E-state index is -0.473. The van der Waals surface area contributed by atoms with Gasteiger partial charge in [-0.1, -0.05) is 38.0 Å². The fraction of sp³-hybridized carbons (Fsp3) is 0.500. The van der Waals surface area contributed by atoms with Gasteiger partial charge in [0.2, 0.25) is 0 Å². The SMILES string of the molecule is CCCCOCCCCCCOC(=O)c1ccccc1.CCOC(=O)c1cc(C(C)=O)ccc1OCC. The topological polar surface area (TPSA) is 88.1 Å². The molecule has 0 N–H and O–H groups in total. The molecule has 0 radical (unpaired) electrons. The van der Waals surface area contributed by atoms with Crippen LogP contribution in [0.25, 0.3) is 0 Å². The van der Waals surface area contributed by atoms with E-state index in [1.54, 1.807) is 31.2 Å². The molecule has 2 aromatic rings. The smallest absolute Gasteiger partial charge is 0.341 e. The lowest BCUT2D eigenvalue weighted by Gasteiger charge is -2.10. The van der Waals surface area contributed by atoms with E-state index in [1.165, 1.54) is 19.4 Å². The van der Waals surface area contributed by atoms with Crippen molar-refractivity contribution in [2.75, 3.05) is 33.0 Å². The molecule has 7 nitrogen and oxygen atoms in total. The quantitative estimate of drug-likeness (QED) is 0.140. The van der Waals surface area contributed by atoms with E-state index in [9.17, 15) is 14.4 Å². The highest BCUT2D eigenvalue weighted by atomic mass is 16.5. The van der Waals surface area contributed by atoms with Gasteiger partial charge in [0.05, 0.1) is 25.4 Å². The zero-order valence-electron chi connectivity index (χ0n) is 22.8. The third-order valence-corrected chi connectivity index (χ3v) is 5.25. The number of ketones is 1. The Labute approximate surface area is 221 Å². The molecule has 0 aromatic heterocycles. The Hall–Kier alpha value is -3.19. The number of carbonyl (C=O) groups is 3. The standard InChI is InChI=1S/C17H26O3.C13H16O4/c1-2-3-13-19-14-9-4-5-10-15-20-17(18)16-11-7-6-8-12-16;1-4-16-12-7-6-10(9(3)14)8-11(12)13(15)17-5-2/h6-8,11-12H,2-5,9-10,13-15H2,1H3;6-8H,4-5H2,1-3H3. The number of hydrogen-bond acceptors (Lipinski definition) is 7. The van der Waals surface area contributed by atoms with Crippen LogP contribution in [0.2, 0.25) is 0 Å². The lowest BCUT2D eigenvalue weighted by Crippen LogP contribution is -2.09. The van der Waals surface area contributed by atoms with Crippen LogP contribution >= 0.6 is 0 Å². The van der Waals surface area contributed by atoms with Crippen molar-refractivity contribution >= 4 is 17.7 Å². The van der Waals surface area contributed by atoms with Crippen LogP contribution in [0.5, 0.6) is 5.75 Å². The summed E-state index contributed by atoms with van der Waals surface area (Å²) in [6.45, 7) is 10.1. The highest BCUT2D eigenvalue weighted by Crippen LogP contribution is 2.21. The van der Waals surface area contributed by atoms with Crippen LogP contribution in [-0.4, -0.2) is 50.8 Å². The first-order valence-corrected chi connectivity index (χ1v) is 13.2. The predicted octanol–water partition coefficient (Wildman–Crippen LogP) is 6.69. The number of unbranched alkanes of at least 4 members (excludes halogenated alkanes) is 4. The van der Waals surface area contributed by atoms with Crippen LogP contribution in [0.4, 0.5) is 0 Å². The maximum absolute atomic E-state index is 11.7. The Bertz CT molecular complexity index is 925. The molecule has 0 aliphatic carbocycles. The summed E-state index contributed by atoms with van der Waals surface area (Å²) in [6, 6.07) is 13.9. The van der Waals surface area contributed by atoms with E-state index in [-0.39, 0.29) is 18.4 Å². The summed E-state index contributed by atoms with van der Waals surface area (Å²) in [7, 11) is 0. The van der Waals surface area contributed by atoms with E-state index >= 15 is 0 Å². The van der Waals surface area contributed by atoms with Crippen LogP contribution in [0.1, 0.15) is 97.3 Å². The normalized spacial score (nSPS) is 10.2. The largest absolute Gasteiger partial charge is 0.493 e. The maximum Gasteiger partial charge on any atom is 0.341 e. The van der Waals surface area contributed by atoms with Gasteiger partial charge in [0.15, 0.2) is 5.78 Å². The molecular weight excluding hydrogens is 472 g/mol. The minimum Gasteiger partial charge on any atom is -0.493 e. The molecule has 7 heteroatoms. The van der Waals surface area contributed by atoms with Gasteiger partial charge in [0.1, 0.15) is 11.3 Å². The number of Topliss-reactive ketones (excluding diaryl/α,β-unsaturated/α-hetero) is 1. The van der Waals surface area contributed by atoms with Crippen molar-refractivity contribution in [3.63, 3.8) is 0 Å². The van der Waals surface area contributed by atoms with Crippen molar-refractivity contribution in [1.82, 2.24) is 0 Å². The number of benzene rings is 2. The van der Waals surface area contributed by atoms with Gasteiger partial charge in [-0.25, -0.2) is 9.59 Å². The Morgan fingerprint density at radius 3 is 1.97 bits per heavy atom. The number of carbonyl (C=O) groups excluding carboxylic acids is 3. The van der Waals surface area contributed by atoms with Crippen LogP contribution in [-0.2, 0) is 14.2 Å². The third kappa shape index (κ3) is 13.6. The fourth-order valence-corrected chi connectivity index (χ4v) is 3.23. The summed E-state index contributed by atoms with van der Waals surface area (Å²) in [5, 5.41) is 0. The summed E-state index contributed by atoms with van der Waals surface area (Å²) in [6.07, 6.45) is 6.57. The van der Waals surface area contributed by atoms with E-state index in [4.69, 9.17) is 18.9 Å². The average molecular weight is 515 g/mol. The highest BCUT2D eigenvalue weighted by Gasteiger charge is 2.15. The molecule has 2 rings (SSSR count). The van der Waals surface area contributed by atoms with Gasteiger partial charge in [-0.05, 0) is 76.8 Å². The molecule has 0 bridgehead atoms.